The van der Waals surface area contributed by atoms with E-state index in [1.807, 2.05) is 0 Å². The highest BCUT2D eigenvalue weighted by Crippen LogP contribution is 2.24. The Morgan fingerprint density at radius 2 is 1.81 bits per heavy atom. The lowest BCUT2D eigenvalue weighted by Gasteiger charge is -2.16. The average Bonchev–Trinajstić information content (AvgIpc) is 3.15. The summed E-state index contributed by atoms with van der Waals surface area (Å²) < 4.78 is 5.80. The van der Waals surface area contributed by atoms with E-state index in [2.05, 4.69) is 111 Å². The molecule has 2 aromatic heterocycles. The second-order valence-corrected chi connectivity index (χ2v) is 9.14. The van der Waals surface area contributed by atoms with Crippen molar-refractivity contribution in [2.75, 3.05) is 6.54 Å². The van der Waals surface area contributed by atoms with Gasteiger partial charge in [-0.25, -0.2) is 9.55 Å². The van der Waals surface area contributed by atoms with Gasteiger partial charge in [0, 0.05) is 16.5 Å². The Morgan fingerprint density at radius 3 is 2.56 bits per heavy atom. The fourth-order valence-corrected chi connectivity index (χ4v) is 3.84. The second-order valence-electron chi connectivity index (χ2n) is 8.22. The van der Waals surface area contributed by atoms with Crippen molar-refractivity contribution in [1.29, 1.82) is 0 Å². The number of imidazole rings is 2. The minimum atomic E-state index is 0.274. The van der Waals surface area contributed by atoms with Crippen molar-refractivity contribution in [3.63, 3.8) is 0 Å². The van der Waals surface area contributed by atoms with Crippen LogP contribution < -0.4 is 9.72 Å². The maximum Gasteiger partial charge on any atom is 0.368 e. The van der Waals surface area contributed by atoms with Gasteiger partial charge < -0.3 is 5.32 Å². The highest BCUT2D eigenvalue weighted by molar-refractivity contribution is 9.10. The first kappa shape index (κ1) is 18.3. The number of para-hydroxylation sites is 2. The molecular weight excluding hydrogens is 400 g/mol. The zero-order valence-corrected chi connectivity index (χ0v) is 17.8. The lowest BCUT2D eigenvalue weighted by molar-refractivity contribution is -0.717. The van der Waals surface area contributed by atoms with E-state index >= 15 is 0 Å². The van der Waals surface area contributed by atoms with E-state index in [1.165, 1.54) is 22.3 Å². The topological polar surface area (TPSA) is 41.4 Å². The van der Waals surface area contributed by atoms with Gasteiger partial charge in [-0.2, -0.15) is 4.40 Å². The molecule has 0 atom stereocenters. The number of nitrogens with two attached hydrogens (primary N) is 1. The van der Waals surface area contributed by atoms with Gasteiger partial charge in [-0.15, -0.1) is 0 Å². The number of aromatic nitrogens is 3. The Morgan fingerprint density at radius 1 is 1.07 bits per heavy atom. The molecule has 0 unspecified atom stereocenters. The molecule has 140 valence electrons. The van der Waals surface area contributed by atoms with Gasteiger partial charge in [-0.3, -0.25) is 0 Å². The van der Waals surface area contributed by atoms with Crippen molar-refractivity contribution in [3.05, 3.63) is 59.2 Å². The standard InChI is InChI=1S/C22H25BrN4/c1-22(2,3)24-13-6-14-26-20(16-9-11-17(23)12-10-16)15-27-19-8-5-4-7-18(19)25-21(26)27/h4-5,7-12,15,24H,6,13-14H2,1-3H3/p+2. The number of nitrogens with zero attached hydrogens (tertiary/aromatic N) is 2. The Kier molecular flexibility index (Phi) is 4.82. The van der Waals surface area contributed by atoms with Crippen LogP contribution in [0.3, 0.4) is 0 Å². The van der Waals surface area contributed by atoms with Gasteiger partial charge in [0.2, 0.25) is 0 Å². The maximum atomic E-state index is 3.61. The van der Waals surface area contributed by atoms with Crippen LogP contribution >= 0.6 is 15.9 Å². The molecule has 27 heavy (non-hydrogen) atoms. The molecule has 0 spiro atoms. The van der Waals surface area contributed by atoms with Gasteiger partial charge in [0.15, 0.2) is 0 Å². The van der Waals surface area contributed by atoms with E-state index < -0.39 is 0 Å². The Hall–Kier alpha value is -2.11. The van der Waals surface area contributed by atoms with E-state index in [4.69, 9.17) is 0 Å². The Bertz CT molecular complexity index is 1070. The summed E-state index contributed by atoms with van der Waals surface area (Å²) in [5.74, 6) is 1.14. The number of quaternary nitrogens is 1. The molecule has 2 aromatic carbocycles. The maximum absolute atomic E-state index is 3.61. The fraction of sp³-hybridized carbons (Fsp3) is 0.318. The second kappa shape index (κ2) is 7.13. The number of hydrogen-bond donors (Lipinski definition) is 2. The number of H-pyrrole nitrogens is 1. The largest absolute Gasteiger partial charge is 0.368 e. The van der Waals surface area contributed by atoms with E-state index in [9.17, 15) is 0 Å². The van der Waals surface area contributed by atoms with Crippen LogP contribution in [0.2, 0.25) is 0 Å². The molecule has 4 rings (SSSR count). The number of aryl methyl sites for hydroxylation is 1. The molecule has 4 aromatic rings. The zero-order valence-electron chi connectivity index (χ0n) is 16.2. The van der Waals surface area contributed by atoms with E-state index in [-0.39, 0.29) is 5.54 Å². The monoisotopic (exact) mass is 426 g/mol. The molecule has 0 saturated carbocycles. The van der Waals surface area contributed by atoms with E-state index in [0.29, 0.717) is 0 Å². The third-order valence-corrected chi connectivity index (χ3v) is 5.45. The molecule has 0 amide bonds. The van der Waals surface area contributed by atoms with Crippen molar-refractivity contribution in [2.24, 2.45) is 0 Å². The third-order valence-electron chi connectivity index (χ3n) is 4.92. The number of aromatic amines is 1. The number of rotatable bonds is 5. The lowest BCUT2D eigenvalue weighted by atomic mass is 10.1. The summed E-state index contributed by atoms with van der Waals surface area (Å²) in [5.41, 5.74) is 5.14. The van der Waals surface area contributed by atoms with Crippen LogP contribution in [0.1, 0.15) is 27.2 Å². The van der Waals surface area contributed by atoms with Gasteiger partial charge >= 0.3 is 5.78 Å². The van der Waals surface area contributed by atoms with Gasteiger partial charge in [0.25, 0.3) is 0 Å². The molecule has 4 nitrogen and oxygen atoms in total. The first-order valence-electron chi connectivity index (χ1n) is 9.54. The minimum absolute atomic E-state index is 0.274. The van der Waals surface area contributed by atoms with Crippen LogP contribution in [-0.4, -0.2) is 21.6 Å². The fourth-order valence-electron chi connectivity index (χ4n) is 3.58. The summed E-state index contributed by atoms with van der Waals surface area (Å²) in [7, 11) is 0. The molecule has 5 heteroatoms. The predicted molar refractivity (Wildman–Crippen MR) is 114 cm³/mol. The molecule has 3 N–H and O–H groups in total. The molecule has 0 aliphatic heterocycles. The predicted octanol–water partition coefficient (Wildman–Crippen LogP) is 3.89. The van der Waals surface area contributed by atoms with Crippen molar-refractivity contribution in [2.45, 2.75) is 39.3 Å². The minimum Gasteiger partial charge on any atom is -0.342 e. The number of nitrogens with one attached hydrogen (secondary N) is 1. The number of hydrogen-bond acceptors (Lipinski definition) is 0. The summed E-state index contributed by atoms with van der Waals surface area (Å²) in [6.45, 7) is 8.90. The van der Waals surface area contributed by atoms with Crippen molar-refractivity contribution >= 4 is 32.7 Å². The van der Waals surface area contributed by atoms with Crippen molar-refractivity contribution < 1.29 is 9.72 Å². The summed E-state index contributed by atoms with van der Waals surface area (Å²) in [6.07, 6.45) is 3.38. The van der Waals surface area contributed by atoms with Crippen LogP contribution in [0.15, 0.2) is 59.2 Å². The first-order chi connectivity index (χ1) is 12.9. The number of benzene rings is 2. The lowest BCUT2D eigenvalue weighted by Crippen LogP contribution is -2.94. The van der Waals surface area contributed by atoms with Crippen LogP contribution in [0.25, 0.3) is 28.1 Å². The molecule has 0 aliphatic carbocycles. The zero-order chi connectivity index (χ0) is 19.0. The number of halogens is 1. The summed E-state index contributed by atoms with van der Waals surface area (Å²) >= 11 is 3.54. The quantitative estimate of drug-likeness (QED) is 0.359. The SMILES string of the molecule is CC(C)(C)[NH2+]CCCn1c(-c2ccc(Br)cc2)c[n+]2c3ccccc3[nH]c12. The van der Waals surface area contributed by atoms with Crippen molar-refractivity contribution in [3.8, 4) is 11.3 Å². The van der Waals surface area contributed by atoms with Crippen LogP contribution in [0.5, 0.6) is 0 Å². The average molecular weight is 427 g/mol. The molecule has 0 aliphatic rings. The number of fused-ring (bicyclic) bond motifs is 3. The van der Waals surface area contributed by atoms with Gasteiger partial charge in [-0.05, 0) is 45.0 Å². The Labute approximate surface area is 168 Å². The summed E-state index contributed by atoms with van der Waals surface area (Å²) in [6, 6.07) is 17.1. The smallest absolute Gasteiger partial charge is 0.342 e. The van der Waals surface area contributed by atoms with Gasteiger partial charge in [0.05, 0.1) is 18.6 Å². The molecule has 0 radical (unpaired) electrons. The highest BCUT2D eigenvalue weighted by atomic mass is 79.9. The normalized spacial score (nSPS) is 12.3. The Balaban J connectivity index is 1.75. The van der Waals surface area contributed by atoms with Crippen LogP contribution in [0.4, 0.5) is 0 Å². The van der Waals surface area contributed by atoms with Gasteiger partial charge in [-0.1, -0.05) is 40.2 Å². The summed E-state index contributed by atoms with van der Waals surface area (Å²) in [5, 5.41) is 2.42. The molecule has 2 heterocycles. The van der Waals surface area contributed by atoms with Crippen LogP contribution in [-0.2, 0) is 6.54 Å². The third kappa shape index (κ3) is 3.80. The molecule has 0 saturated heterocycles. The van der Waals surface area contributed by atoms with Crippen molar-refractivity contribution in [1.82, 2.24) is 9.55 Å². The molecule has 0 bridgehead atoms. The molecule has 0 fully saturated rings. The highest BCUT2D eigenvalue weighted by Gasteiger charge is 2.22. The first-order valence-corrected chi connectivity index (χ1v) is 10.3. The van der Waals surface area contributed by atoms with Gasteiger partial charge in [0.1, 0.15) is 22.9 Å². The van der Waals surface area contributed by atoms with E-state index in [1.54, 1.807) is 0 Å². The van der Waals surface area contributed by atoms with E-state index in [0.717, 1.165) is 29.8 Å². The van der Waals surface area contributed by atoms with Crippen LogP contribution in [0, 0.1) is 0 Å². The summed E-state index contributed by atoms with van der Waals surface area (Å²) in [4.78, 5) is 3.61. The molecular formula is C22H27BrN4+2.